The average molecular weight is 295 g/mol. The molecular weight excluding hydrogens is 274 g/mol. The molecule has 0 fully saturated rings. The summed E-state index contributed by atoms with van der Waals surface area (Å²) in [7, 11) is 1.47. The molecule has 1 amide bonds. The second-order valence-corrected chi connectivity index (χ2v) is 4.71. The first kappa shape index (κ1) is 16.8. The molecule has 1 aromatic rings. The van der Waals surface area contributed by atoms with E-state index < -0.39 is 11.9 Å². The van der Waals surface area contributed by atoms with E-state index in [2.05, 4.69) is 0 Å². The predicted octanol–water partition coefficient (Wildman–Crippen LogP) is 1.81. The number of nitrogens with zero attached hydrogens (tertiary/aromatic N) is 1. The molecule has 116 valence electrons. The van der Waals surface area contributed by atoms with Crippen molar-refractivity contribution in [1.82, 2.24) is 4.90 Å². The van der Waals surface area contributed by atoms with Crippen LogP contribution in [0.5, 0.6) is 11.5 Å². The van der Waals surface area contributed by atoms with Crippen LogP contribution >= 0.6 is 0 Å². The van der Waals surface area contributed by atoms with Crippen LogP contribution < -0.4 is 4.74 Å². The Balaban J connectivity index is 2.98. The van der Waals surface area contributed by atoms with Crippen molar-refractivity contribution >= 4 is 11.9 Å². The van der Waals surface area contributed by atoms with Gasteiger partial charge in [0.15, 0.2) is 0 Å². The second-order valence-electron chi connectivity index (χ2n) is 4.71. The van der Waals surface area contributed by atoms with E-state index in [-0.39, 0.29) is 30.5 Å². The lowest BCUT2D eigenvalue weighted by atomic mass is 10.1. The summed E-state index contributed by atoms with van der Waals surface area (Å²) in [5, 5.41) is 9.92. The molecule has 1 N–H and O–H groups in total. The van der Waals surface area contributed by atoms with E-state index in [4.69, 9.17) is 9.47 Å². The van der Waals surface area contributed by atoms with Crippen molar-refractivity contribution in [2.45, 2.75) is 26.8 Å². The highest BCUT2D eigenvalue weighted by Crippen LogP contribution is 2.25. The van der Waals surface area contributed by atoms with Crippen LogP contribution in [-0.2, 0) is 9.53 Å². The Bertz CT molecular complexity index is 513. The number of esters is 1. The summed E-state index contributed by atoms with van der Waals surface area (Å²) in [6.07, 6.45) is 0. The quantitative estimate of drug-likeness (QED) is 0.810. The zero-order valence-electron chi connectivity index (χ0n) is 12.8. The first-order chi connectivity index (χ1) is 9.90. The molecule has 0 unspecified atom stereocenters. The number of benzene rings is 1. The van der Waals surface area contributed by atoms with Crippen LogP contribution in [0.1, 0.15) is 31.1 Å². The van der Waals surface area contributed by atoms with Gasteiger partial charge in [-0.1, -0.05) is 0 Å². The number of carbonyl (C=O) groups is 2. The zero-order chi connectivity index (χ0) is 16.0. The normalized spacial score (nSPS) is 10.3. The van der Waals surface area contributed by atoms with Gasteiger partial charge in [-0.05, 0) is 32.9 Å². The lowest BCUT2D eigenvalue weighted by Crippen LogP contribution is -2.41. The van der Waals surface area contributed by atoms with Crippen molar-refractivity contribution in [3.8, 4) is 11.5 Å². The van der Waals surface area contributed by atoms with Crippen LogP contribution in [0.4, 0.5) is 0 Å². The number of ether oxygens (including phenoxy) is 2. The Morgan fingerprint density at radius 1 is 1.33 bits per heavy atom. The highest BCUT2D eigenvalue weighted by atomic mass is 16.5. The number of phenols is 1. The van der Waals surface area contributed by atoms with Crippen LogP contribution in [0.2, 0.25) is 0 Å². The molecular formula is C15H21NO5. The Labute approximate surface area is 124 Å². The lowest BCUT2D eigenvalue weighted by Gasteiger charge is -2.26. The number of phenolic OH excluding ortho intramolecular Hbond substituents is 1. The summed E-state index contributed by atoms with van der Waals surface area (Å²) in [6.45, 7) is 5.38. The van der Waals surface area contributed by atoms with Gasteiger partial charge in [0.05, 0.1) is 19.3 Å². The monoisotopic (exact) mass is 295 g/mol. The Morgan fingerprint density at radius 3 is 2.48 bits per heavy atom. The molecule has 0 bridgehead atoms. The first-order valence-electron chi connectivity index (χ1n) is 6.74. The molecule has 0 radical (unpaired) electrons. The van der Waals surface area contributed by atoms with Gasteiger partial charge in [0.2, 0.25) is 0 Å². The largest absolute Gasteiger partial charge is 0.507 e. The van der Waals surface area contributed by atoms with E-state index >= 15 is 0 Å². The van der Waals surface area contributed by atoms with E-state index in [9.17, 15) is 14.7 Å². The molecule has 0 heterocycles. The fraction of sp³-hybridized carbons (Fsp3) is 0.467. The van der Waals surface area contributed by atoms with E-state index in [1.165, 1.54) is 24.1 Å². The highest BCUT2D eigenvalue weighted by Gasteiger charge is 2.24. The molecule has 6 heteroatoms. The van der Waals surface area contributed by atoms with Gasteiger partial charge in [0.1, 0.15) is 18.0 Å². The van der Waals surface area contributed by atoms with Crippen LogP contribution in [0, 0.1) is 0 Å². The van der Waals surface area contributed by atoms with Crippen LogP contribution in [0.25, 0.3) is 0 Å². The van der Waals surface area contributed by atoms with Crippen molar-refractivity contribution in [1.29, 1.82) is 0 Å². The van der Waals surface area contributed by atoms with E-state index in [1.807, 2.05) is 0 Å². The summed E-state index contributed by atoms with van der Waals surface area (Å²) >= 11 is 0. The maximum Gasteiger partial charge on any atom is 0.325 e. The van der Waals surface area contributed by atoms with Crippen molar-refractivity contribution in [2.24, 2.45) is 0 Å². The topological polar surface area (TPSA) is 76.1 Å². The number of methoxy groups -OCH3 is 1. The SMILES string of the molecule is CCOC(=O)CN(C(=O)c1ccc(OC)cc1O)C(C)C. The zero-order valence-corrected chi connectivity index (χ0v) is 12.8. The number of hydrogen-bond donors (Lipinski definition) is 1. The fourth-order valence-corrected chi connectivity index (χ4v) is 1.81. The number of hydrogen-bond acceptors (Lipinski definition) is 5. The molecule has 1 aromatic carbocycles. The molecule has 0 saturated heterocycles. The summed E-state index contributed by atoms with van der Waals surface area (Å²) in [5.74, 6) is -0.648. The van der Waals surface area contributed by atoms with Crippen molar-refractivity contribution in [3.05, 3.63) is 23.8 Å². The first-order valence-corrected chi connectivity index (χ1v) is 6.74. The molecule has 0 aromatic heterocycles. The number of aromatic hydroxyl groups is 1. The number of rotatable bonds is 6. The van der Waals surface area contributed by atoms with Gasteiger partial charge in [-0.3, -0.25) is 9.59 Å². The third-order valence-corrected chi connectivity index (χ3v) is 2.92. The van der Waals surface area contributed by atoms with Gasteiger partial charge in [0, 0.05) is 12.1 Å². The summed E-state index contributed by atoms with van der Waals surface area (Å²) in [4.78, 5) is 25.4. The summed E-state index contributed by atoms with van der Waals surface area (Å²) < 4.78 is 9.84. The van der Waals surface area contributed by atoms with E-state index in [1.54, 1.807) is 26.8 Å². The third kappa shape index (κ3) is 4.37. The Kier molecular flexibility index (Phi) is 6.02. The van der Waals surface area contributed by atoms with Crippen LogP contribution in [0.3, 0.4) is 0 Å². The van der Waals surface area contributed by atoms with Gasteiger partial charge in [-0.2, -0.15) is 0 Å². The minimum atomic E-state index is -0.479. The molecule has 0 atom stereocenters. The molecule has 0 aliphatic rings. The summed E-state index contributed by atoms with van der Waals surface area (Å²) in [6, 6.07) is 4.20. The highest BCUT2D eigenvalue weighted by molar-refractivity contribution is 5.98. The molecule has 0 aliphatic carbocycles. The minimum Gasteiger partial charge on any atom is -0.507 e. The molecule has 21 heavy (non-hydrogen) atoms. The van der Waals surface area contributed by atoms with Crippen LogP contribution in [0.15, 0.2) is 18.2 Å². The molecule has 0 saturated carbocycles. The van der Waals surface area contributed by atoms with Gasteiger partial charge in [0.25, 0.3) is 5.91 Å². The standard InChI is InChI=1S/C15H21NO5/c1-5-21-14(18)9-16(10(2)3)15(19)12-7-6-11(20-4)8-13(12)17/h6-8,10,17H,5,9H2,1-4H3. The minimum absolute atomic E-state index is 0.119. The molecule has 0 aliphatic heterocycles. The van der Waals surface area contributed by atoms with E-state index in [0.29, 0.717) is 5.75 Å². The van der Waals surface area contributed by atoms with Gasteiger partial charge in [-0.25, -0.2) is 0 Å². The number of amides is 1. The maximum absolute atomic E-state index is 12.5. The van der Waals surface area contributed by atoms with Gasteiger partial charge < -0.3 is 19.5 Å². The summed E-state index contributed by atoms with van der Waals surface area (Å²) in [5.41, 5.74) is 0.119. The van der Waals surface area contributed by atoms with Crippen molar-refractivity contribution < 1.29 is 24.2 Å². The average Bonchev–Trinajstić information content (AvgIpc) is 2.43. The Morgan fingerprint density at radius 2 is 2.00 bits per heavy atom. The van der Waals surface area contributed by atoms with E-state index in [0.717, 1.165) is 0 Å². The van der Waals surface area contributed by atoms with Gasteiger partial charge in [-0.15, -0.1) is 0 Å². The Hall–Kier alpha value is -2.24. The van der Waals surface area contributed by atoms with Crippen LogP contribution in [-0.4, -0.2) is 48.2 Å². The van der Waals surface area contributed by atoms with Gasteiger partial charge >= 0.3 is 5.97 Å². The lowest BCUT2D eigenvalue weighted by molar-refractivity contribution is -0.144. The van der Waals surface area contributed by atoms with Crippen molar-refractivity contribution in [3.63, 3.8) is 0 Å². The molecule has 0 spiro atoms. The number of carbonyl (C=O) groups excluding carboxylic acids is 2. The fourth-order valence-electron chi connectivity index (χ4n) is 1.81. The third-order valence-electron chi connectivity index (χ3n) is 2.92. The molecule has 1 rings (SSSR count). The molecule has 6 nitrogen and oxygen atoms in total. The maximum atomic E-state index is 12.5. The van der Waals surface area contributed by atoms with Crippen molar-refractivity contribution in [2.75, 3.05) is 20.3 Å². The second kappa shape index (κ2) is 7.52. The smallest absolute Gasteiger partial charge is 0.325 e. The predicted molar refractivity (Wildman–Crippen MR) is 77.5 cm³/mol.